The Labute approximate surface area is 126 Å². The lowest BCUT2D eigenvalue weighted by Gasteiger charge is -2.10. The van der Waals surface area contributed by atoms with Crippen molar-refractivity contribution < 1.29 is 9.47 Å². The molecular weight excluding hydrogens is 262 g/mol. The summed E-state index contributed by atoms with van der Waals surface area (Å²) in [6.07, 6.45) is 0. The first-order valence-electron chi connectivity index (χ1n) is 7.25. The number of rotatable bonds is 7. The smallest absolute Gasteiger partial charge is 0.122 e. The highest BCUT2D eigenvalue weighted by Gasteiger charge is 1.98. The lowest BCUT2D eigenvalue weighted by atomic mass is 10.1. The molecule has 0 saturated carbocycles. The Balaban J connectivity index is 1.75. The maximum absolute atomic E-state index is 5.69. The number of ether oxygens (including phenoxy) is 2. The molecule has 1 N–H and O–H groups in total. The Hall–Kier alpha value is -2.00. The maximum Gasteiger partial charge on any atom is 0.122 e. The van der Waals surface area contributed by atoms with Gasteiger partial charge >= 0.3 is 0 Å². The maximum atomic E-state index is 5.69. The summed E-state index contributed by atoms with van der Waals surface area (Å²) in [5, 5.41) is 3.12. The summed E-state index contributed by atoms with van der Waals surface area (Å²) in [6.45, 7) is 6.14. The normalized spacial score (nSPS) is 10.4. The van der Waals surface area contributed by atoms with Gasteiger partial charge < -0.3 is 14.8 Å². The fraction of sp³-hybridized carbons (Fsp3) is 0.333. The summed E-state index contributed by atoms with van der Waals surface area (Å²) < 4.78 is 11.4. The topological polar surface area (TPSA) is 30.5 Å². The highest BCUT2D eigenvalue weighted by Crippen LogP contribution is 2.16. The lowest BCUT2D eigenvalue weighted by molar-refractivity contribution is 0.217. The molecule has 2 aromatic carbocycles. The molecule has 3 nitrogen and oxygen atoms in total. The molecule has 0 fully saturated rings. The third-order valence-electron chi connectivity index (χ3n) is 3.40. The largest absolute Gasteiger partial charge is 0.490 e. The minimum absolute atomic E-state index is 0.540. The average molecular weight is 285 g/mol. The molecule has 0 aromatic heterocycles. The number of hydrogen-bond donors (Lipinski definition) is 1. The average Bonchev–Trinajstić information content (AvgIpc) is 2.49. The van der Waals surface area contributed by atoms with Crippen LogP contribution in [0.5, 0.6) is 11.5 Å². The third kappa shape index (κ3) is 4.80. The van der Waals surface area contributed by atoms with Crippen LogP contribution in [-0.4, -0.2) is 20.3 Å². The van der Waals surface area contributed by atoms with Crippen molar-refractivity contribution in [1.82, 2.24) is 5.32 Å². The van der Waals surface area contributed by atoms with Gasteiger partial charge in [-0.1, -0.05) is 18.2 Å². The van der Waals surface area contributed by atoms with Crippen LogP contribution in [0.4, 0.5) is 0 Å². The van der Waals surface area contributed by atoms with Crippen LogP contribution in [0.3, 0.4) is 0 Å². The Kier molecular flexibility index (Phi) is 5.64. The van der Waals surface area contributed by atoms with Crippen LogP contribution in [0.2, 0.25) is 0 Å². The Morgan fingerprint density at radius 3 is 2.05 bits per heavy atom. The van der Waals surface area contributed by atoms with E-state index in [-0.39, 0.29) is 0 Å². The van der Waals surface area contributed by atoms with Gasteiger partial charge in [0.25, 0.3) is 0 Å². The van der Waals surface area contributed by atoms with E-state index in [9.17, 15) is 0 Å². The van der Waals surface area contributed by atoms with E-state index in [2.05, 4.69) is 43.4 Å². The molecule has 0 saturated heterocycles. The SMILES string of the molecule is CNCc1ccc(OCCOc2ccc(C)c(C)c2)cc1. The Bertz CT molecular complexity index is 564. The quantitative estimate of drug-likeness (QED) is 0.790. The van der Waals surface area contributed by atoms with Crippen molar-refractivity contribution in [3.8, 4) is 11.5 Å². The van der Waals surface area contributed by atoms with Gasteiger partial charge in [0, 0.05) is 6.54 Å². The van der Waals surface area contributed by atoms with Crippen LogP contribution in [0, 0.1) is 13.8 Å². The second-order valence-electron chi connectivity index (χ2n) is 5.12. The molecule has 0 spiro atoms. The van der Waals surface area contributed by atoms with Crippen molar-refractivity contribution >= 4 is 0 Å². The van der Waals surface area contributed by atoms with E-state index >= 15 is 0 Å². The number of hydrogen-bond acceptors (Lipinski definition) is 3. The van der Waals surface area contributed by atoms with Gasteiger partial charge in [-0.05, 0) is 61.9 Å². The summed E-state index contributed by atoms with van der Waals surface area (Å²) in [5.74, 6) is 1.77. The monoisotopic (exact) mass is 285 g/mol. The molecule has 0 aliphatic carbocycles. The molecule has 0 aliphatic rings. The van der Waals surface area contributed by atoms with Gasteiger partial charge in [-0.3, -0.25) is 0 Å². The van der Waals surface area contributed by atoms with Gasteiger partial charge in [-0.2, -0.15) is 0 Å². The van der Waals surface area contributed by atoms with Crippen LogP contribution in [0.1, 0.15) is 16.7 Å². The summed E-state index contributed by atoms with van der Waals surface area (Å²) in [4.78, 5) is 0. The van der Waals surface area contributed by atoms with E-state index < -0.39 is 0 Å². The fourth-order valence-electron chi connectivity index (χ4n) is 2.03. The van der Waals surface area contributed by atoms with Crippen molar-refractivity contribution in [3.05, 3.63) is 59.2 Å². The van der Waals surface area contributed by atoms with Crippen LogP contribution >= 0.6 is 0 Å². The Morgan fingerprint density at radius 1 is 0.810 bits per heavy atom. The fourth-order valence-corrected chi connectivity index (χ4v) is 2.03. The van der Waals surface area contributed by atoms with Gasteiger partial charge in [-0.15, -0.1) is 0 Å². The molecule has 21 heavy (non-hydrogen) atoms. The molecule has 2 aromatic rings. The number of aryl methyl sites for hydroxylation is 2. The highest BCUT2D eigenvalue weighted by molar-refractivity contribution is 5.33. The molecule has 3 heteroatoms. The first-order valence-corrected chi connectivity index (χ1v) is 7.25. The predicted molar refractivity (Wildman–Crippen MR) is 86.1 cm³/mol. The van der Waals surface area contributed by atoms with E-state index in [0.29, 0.717) is 13.2 Å². The second kappa shape index (κ2) is 7.70. The highest BCUT2D eigenvalue weighted by atomic mass is 16.5. The standard InChI is InChI=1S/C18H23NO2/c1-14-4-7-18(12-15(14)2)21-11-10-20-17-8-5-16(6-9-17)13-19-3/h4-9,12,19H,10-11,13H2,1-3H3. The molecule has 0 atom stereocenters. The Morgan fingerprint density at radius 2 is 1.43 bits per heavy atom. The molecule has 2 rings (SSSR count). The van der Waals surface area contributed by atoms with Crippen molar-refractivity contribution in [3.63, 3.8) is 0 Å². The first kappa shape index (κ1) is 15.4. The third-order valence-corrected chi connectivity index (χ3v) is 3.40. The summed E-state index contributed by atoms with van der Waals surface area (Å²) in [5.41, 5.74) is 3.77. The molecule has 0 radical (unpaired) electrons. The summed E-state index contributed by atoms with van der Waals surface area (Å²) >= 11 is 0. The second-order valence-corrected chi connectivity index (χ2v) is 5.12. The number of nitrogens with one attached hydrogen (secondary N) is 1. The van der Waals surface area contributed by atoms with Gasteiger partial charge in [0.15, 0.2) is 0 Å². The molecule has 0 unspecified atom stereocenters. The van der Waals surface area contributed by atoms with Crippen molar-refractivity contribution in [1.29, 1.82) is 0 Å². The lowest BCUT2D eigenvalue weighted by Crippen LogP contribution is -2.09. The van der Waals surface area contributed by atoms with Crippen LogP contribution in [0.25, 0.3) is 0 Å². The molecule has 0 amide bonds. The van der Waals surface area contributed by atoms with E-state index in [4.69, 9.17) is 9.47 Å². The molecule has 0 bridgehead atoms. The van der Waals surface area contributed by atoms with E-state index in [1.165, 1.54) is 16.7 Å². The van der Waals surface area contributed by atoms with Crippen molar-refractivity contribution in [2.24, 2.45) is 0 Å². The van der Waals surface area contributed by atoms with E-state index in [1.54, 1.807) is 0 Å². The first-order chi connectivity index (χ1) is 10.2. The molecule has 0 aliphatic heterocycles. The van der Waals surface area contributed by atoms with Crippen LogP contribution < -0.4 is 14.8 Å². The molecular formula is C18H23NO2. The minimum atomic E-state index is 0.540. The van der Waals surface area contributed by atoms with Crippen LogP contribution in [-0.2, 0) is 6.54 Å². The van der Waals surface area contributed by atoms with Gasteiger partial charge in [0.2, 0.25) is 0 Å². The summed E-state index contributed by atoms with van der Waals surface area (Å²) in [7, 11) is 1.94. The van der Waals surface area contributed by atoms with Crippen molar-refractivity contribution in [2.75, 3.05) is 20.3 Å². The predicted octanol–water partition coefficient (Wildman–Crippen LogP) is 3.48. The zero-order valence-electron chi connectivity index (χ0n) is 13.0. The molecule has 112 valence electrons. The van der Waals surface area contributed by atoms with Gasteiger partial charge in [0.05, 0.1) is 0 Å². The number of benzene rings is 2. The van der Waals surface area contributed by atoms with E-state index in [0.717, 1.165) is 18.0 Å². The minimum Gasteiger partial charge on any atom is -0.490 e. The van der Waals surface area contributed by atoms with Gasteiger partial charge in [-0.25, -0.2) is 0 Å². The van der Waals surface area contributed by atoms with Gasteiger partial charge in [0.1, 0.15) is 24.7 Å². The zero-order chi connectivity index (χ0) is 15.1. The van der Waals surface area contributed by atoms with Crippen LogP contribution in [0.15, 0.2) is 42.5 Å². The van der Waals surface area contributed by atoms with Crippen molar-refractivity contribution in [2.45, 2.75) is 20.4 Å². The zero-order valence-corrected chi connectivity index (χ0v) is 13.0. The molecule has 0 heterocycles. The van der Waals surface area contributed by atoms with E-state index in [1.807, 2.05) is 25.2 Å². The summed E-state index contributed by atoms with van der Waals surface area (Å²) in [6, 6.07) is 14.2.